The van der Waals surface area contributed by atoms with Crippen molar-refractivity contribution >= 4 is 33.2 Å². The molecule has 1 unspecified atom stereocenters. The minimum atomic E-state index is -3.63. The Kier molecular flexibility index (Phi) is 3.99. The van der Waals surface area contributed by atoms with Gasteiger partial charge < -0.3 is 4.90 Å². The van der Waals surface area contributed by atoms with Crippen LogP contribution in [0.1, 0.15) is 12.8 Å². The van der Waals surface area contributed by atoms with Gasteiger partial charge in [0.1, 0.15) is 4.90 Å². The van der Waals surface area contributed by atoms with Crippen molar-refractivity contribution in [2.24, 2.45) is 5.92 Å². The van der Waals surface area contributed by atoms with Gasteiger partial charge >= 0.3 is 0 Å². The smallest absolute Gasteiger partial charge is 0.242 e. The summed E-state index contributed by atoms with van der Waals surface area (Å²) in [7, 11) is -3.63. The average molecular weight is 335 g/mol. The Labute approximate surface area is 129 Å². The number of fused-ring (bicyclic) bond motifs is 3. The second-order valence-corrected chi connectivity index (χ2v) is 7.97. The fourth-order valence-corrected chi connectivity index (χ4v) is 5.10. The molecule has 1 atom stereocenters. The number of nitrogens with one attached hydrogen (secondary N) is 1. The summed E-state index contributed by atoms with van der Waals surface area (Å²) in [4.78, 5) is 2.36. The molecule has 0 radical (unpaired) electrons. The normalized spacial score (nSPS) is 29.6. The van der Waals surface area contributed by atoms with Gasteiger partial charge in [0.2, 0.25) is 10.0 Å². The van der Waals surface area contributed by atoms with Crippen LogP contribution in [0.25, 0.3) is 0 Å². The first-order valence-corrected chi connectivity index (χ1v) is 8.89. The first kappa shape index (κ1) is 14.6. The SMILES string of the molecule is O=S(=O)(NC1CN2CCC1CC2)c1cc(Cl)ccc1Cl. The summed E-state index contributed by atoms with van der Waals surface area (Å²) in [6.07, 6.45) is 2.10. The van der Waals surface area contributed by atoms with E-state index in [1.54, 1.807) is 6.07 Å². The summed E-state index contributed by atoms with van der Waals surface area (Å²) in [5.74, 6) is 0.424. The van der Waals surface area contributed by atoms with Crippen LogP contribution in [0.4, 0.5) is 0 Å². The number of nitrogens with zero attached hydrogens (tertiary/aromatic N) is 1. The zero-order valence-electron chi connectivity index (χ0n) is 10.9. The Balaban J connectivity index is 1.84. The summed E-state index contributed by atoms with van der Waals surface area (Å²) >= 11 is 11.9. The largest absolute Gasteiger partial charge is 0.302 e. The molecular formula is C13H16Cl2N2O2S. The van der Waals surface area contributed by atoms with E-state index in [4.69, 9.17) is 23.2 Å². The highest BCUT2D eigenvalue weighted by Crippen LogP contribution is 2.30. The Hall–Kier alpha value is -0.330. The van der Waals surface area contributed by atoms with Gasteiger partial charge in [-0.1, -0.05) is 23.2 Å². The molecule has 3 heterocycles. The Morgan fingerprint density at radius 1 is 1.20 bits per heavy atom. The van der Waals surface area contributed by atoms with Gasteiger partial charge in [-0.25, -0.2) is 13.1 Å². The number of hydrogen-bond donors (Lipinski definition) is 1. The molecule has 1 aromatic carbocycles. The Bertz CT molecular complexity index is 613. The summed E-state index contributed by atoms with van der Waals surface area (Å²) in [5.41, 5.74) is 0. The van der Waals surface area contributed by atoms with Crippen LogP contribution in [-0.2, 0) is 10.0 Å². The van der Waals surface area contributed by atoms with E-state index in [2.05, 4.69) is 9.62 Å². The molecular weight excluding hydrogens is 319 g/mol. The van der Waals surface area contributed by atoms with E-state index in [0.717, 1.165) is 32.5 Å². The van der Waals surface area contributed by atoms with Crippen LogP contribution >= 0.6 is 23.2 Å². The van der Waals surface area contributed by atoms with Gasteiger partial charge in [0.25, 0.3) is 0 Å². The number of piperidine rings is 3. The van der Waals surface area contributed by atoms with Crippen molar-refractivity contribution in [3.8, 4) is 0 Å². The predicted molar refractivity (Wildman–Crippen MR) is 79.7 cm³/mol. The average Bonchev–Trinajstić information content (AvgIpc) is 2.42. The van der Waals surface area contributed by atoms with Gasteiger partial charge in [0.15, 0.2) is 0 Å². The van der Waals surface area contributed by atoms with Crippen molar-refractivity contribution in [1.29, 1.82) is 0 Å². The van der Waals surface area contributed by atoms with E-state index >= 15 is 0 Å². The summed E-state index contributed by atoms with van der Waals surface area (Å²) in [5, 5.41) is 0.562. The number of halogens is 2. The monoisotopic (exact) mass is 334 g/mol. The zero-order chi connectivity index (χ0) is 14.3. The van der Waals surface area contributed by atoms with E-state index in [-0.39, 0.29) is 16.0 Å². The zero-order valence-corrected chi connectivity index (χ0v) is 13.2. The molecule has 4 nitrogen and oxygen atoms in total. The molecule has 4 rings (SSSR count). The van der Waals surface area contributed by atoms with Gasteiger partial charge in [0.05, 0.1) is 5.02 Å². The van der Waals surface area contributed by atoms with Gasteiger partial charge in [-0.2, -0.15) is 0 Å². The highest BCUT2D eigenvalue weighted by atomic mass is 35.5. The minimum absolute atomic E-state index is 0.0300. The van der Waals surface area contributed by atoms with Gasteiger partial charge in [-0.3, -0.25) is 0 Å². The summed E-state index contributed by atoms with van der Waals surface area (Å²) < 4.78 is 27.8. The van der Waals surface area contributed by atoms with E-state index in [1.807, 2.05) is 0 Å². The van der Waals surface area contributed by atoms with Crippen LogP contribution in [0.5, 0.6) is 0 Å². The highest BCUT2D eigenvalue weighted by molar-refractivity contribution is 7.89. The molecule has 3 aliphatic rings. The maximum atomic E-state index is 12.5. The minimum Gasteiger partial charge on any atom is -0.302 e. The van der Waals surface area contributed by atoms with Crippen molar-refractivity contribution in [2.75, 3.05) is 19.6 Å². The van der Waals surface area contributed by atoms with Crippen molar-refractivity contribution in [3.05, 3.63) is 28.2 Å². The molecule has 0 aliphatic carbocycles. The quantitative estimate of drug-likeness (QED) is 0.923. The molecule has 3 fully saturated rings. The first-order valence-electron chi connectivity index (χ1n) is 6.65. The maximum Gasteiger partial charge on any atom is 0.242 e. The van der Waals surface area contributed by atoms with E-state index in [0.29, 0.717) is 10.9 Å². The Morgan fingerprint density at radius 2 is 1.90 bits per heavy atom. The van der Waals surface area contributed by atoms with Gasteiger partial charge in [-0.05, 0) is 50.0 Å². The van der Waals surface area contributed by atoms with Crippen molar-refractivity contribution < 1.29 is 8.42 Å². The molecule has 0 spiro atoms. The molecule has 0 amide bonds. The molecule has 0 saturated carbocycles. The predicted octanol–water partition coefficient (Wildman–Crippen LogP) is 2.37. The fourth-order valence-electron chi connectivity index (χ4n) is 3.04. The third-order valence-electron chi connectivity index (χ3n) is 4.15. The molecule has 7 heteroatoms. The summed E-state index contributed by atoms with van der Waals surface area (Å²) in [6.45, 7) is 2.92. The number of sulfonamides is 1. The number of benzene rings is 1. The number of hydrogen-bond acceptors (Lipinski definition) is 3. The lowest BCUT2D eigenvalue weighted by molar-refractivity contribution is 0.0827. The van der Waals surface area contributed by atoms with Crippen LogP contribution in [0.3, 0.4) is 0 Å². The van der Waals surface area contributed by atoms with E-state index in [1.165, 1.54) is 12.1 Å². The second-order valence-electron chi connectivity index (χ2n) is 5.44. The van der Waals surface area contributed by atoms with Crippen LogP contribution in [0, 0.1) is 5.92 Å². The molecule has 20 heavy (non-hydrogen) atoms. The molecule has 0 aromatic heterocycles. The van der Waals surface area contributed by atoms with Crippen LogP contribution in [0.2, 0.25) is 10.0 Å². The lowest BCUT2D eigenvalue weighted by Crippen LogP contribution is -2.57. The first-order chi connectivity index (χ1) is 9.45. The standard InChI is InChI=1S/C13H16Cl2N2O2S/c14-10-1-2-11(15)13(7-10)20(18,19)16-12-8-17-5-3-9(12)4-6-17/h1-2,7,9,12,16H,3-6,8H2. The highest BCUT2D eigenvalue weighted by Gasteiger charge is 2.36. The van der Waals surface area contributed by atoms with Crippen LogP contribution < -0.4 is 4.72 Å². The van der Waals surface area contributed by atoms with Crippen molar-refractivity contribution in [1.82, 2.24) is 9.62 Å². The Morgan fingerprint density at radius 3 is 2.50 bits per heavy atom. The lowest BCUT2D eigenvalue weighted by atomic mass is 9.85. The van der Waals surface area contributed by atoms with Crippen LogP contribution in [-0.4, -0.2) is 39.0 Å². The van der Waals surface area contributed by atoms with Crippen molar-refractivity contribution in [3.63, 3.8) is 0 Å². The molecule has 3 aliphatic heterocycles. The van der Waals surface area contributed by atoms with E-state index < -0.39 is 10.0 Å². The van der Waals surface area contributed by atoms with Gasteiger partial charge in [0, 0.05) is 17.6 Å². The van der Waals surface area contributed by atoms with Gasteiger partial charge in [-0.15, -0.1) is 0 Å². The number of rotatable bonds is 3. The third-order valence-corrected chi connectivity index (χ3v) is 6.35. The maximum absolute atomic E-state index is 12.5. The second kappa shape index (κ2) is 5.46. The topological polar surface area (TPSA) is 49.4 Å². The fraction of sp³-hybridized carbons (Fsp3) is 0.538. The lowest BCUT2D eigenvalue weighted by Gasteiger charge is -2.44. The molecule has 110 valence electrons. The van der Waals surface area contributed by atoms with Crippen molar-refractivity contribution in [2.45, 2.75) is 23.8 Å². The third kappa shape index (κ3) is 2.83. The van der Waals surface area contributed by atoms with E-state index in [9.17, 15) is 8.42 Å². The molecule has 1 N–H and O–H groups in total. The van der Waals surface area contributed by atoms with Crippen LogP contribution in [0.15, 0.2) is 23.1 Å². The molecule has 2 bridgehead atoms. The molecule has 3 saturated heterocycles. The molecule has 1 aromatic rings. The summed E-state index contributed by atoms with van der Waals surface area (Å²) in [6, 6.07) is 4.46.